The van der Waals surface area contributed by atoms with Crippen molar-refractivity contribution in [2.24, 2.45) is 0 Å². The zero-order valence-corrected chi connectivity index (χ0v) is 14.0. The molecule has 2 N–H and O–H groups in total. The van der Waals surface area contributed by atoms with E-state index >= 15 is 0 Å². The van der Waals surface area contributed by atoms with E-state index in [1.165, 1.54) is 0 Å². The van der Waals surface area contributed by atoms with Gasteiger partial charge in [0.1, 0.15) is 0 Å². The normalized spacial score (nSPS) is 10.3. The standard InChI is InChI=1S/C17H19BrN2O/c1-4-19-14-9-8-11(2)10-13(14)17(21)20-15-7-5-6-12(3)16(15)18/h5-10,19H,4H2,1-3H3,(H,20,21). The highest BCUT2D eigenvalue weighted by Crippen LogP contribution is 2.27. The number of benzene rings is 2. The van der Waals surface area contributed by atoms with E-state index in [0.29, 0.717) is 5.56 Å². The molecule has 2 aromatic rings. The van der Waals surface area contributed by atoms with Gasteiger partial charge in [-0.25, -0.2) is 0 Å². The molecule has 1 amide bonds. The van der Waals surface area contributed by atoms with E-state index in [2.05, 4.69) is 26.6 Å². The van der Waals surface area contributed by atoms with Crippen molar-refractivity contribution in [3.63, 3.8) is 0 Å². The highest BCUT2D eigenvalue weighted by Gasteiger charge is 2.13. The van der Waals surface area contributed by atoms with Crippen molar-refractivity contribution in [2.75, 3.05) is 17.2 Å². The lowest BCUT2D eigenvalue weighted by Gasteiger charge is -2.13. The Morgan fingerprint density at radius 3 is 2.62 bits per heavy atom. The minimum Gasteiger partial charge on any atom is -0.385 e. The summed E-state index contributed by atoms with van der Waals surface area (Å²) in [5, 5.41) is 6.19. The molecule has 0 spiro atoms. The van der Waals surface area contributed by atoms with Crippen LogP contribution in [0.3, 0.4) is 0 Å². The molecule has 2 aromatic carbocycles. The number of halogens is 1. The van der Waals surface area contributed by atoms with E-state index in [0.717, 1.165) is 33.5 Å². The van der Waals surface area contributed by atoms with Crippen LogP contribution in [0.4, 0.5) is 11.4 Å². The van der Waals surface area contributed by atoms with Crippen LogP contribution in [0.1, 0.15) is 28.4 Å². The number of hydrogen-bond acceptors (Lipinski definition) is 2. The smallest absolute Gasteiger partial charge is 0.257 e. The molecule has 0 saturated carbocycles. The highest BCUT2D eigenvalue weighted by molar-refractivity contribution is 9.10. The molecular formula is C17H19BrN2O. The van der Waals surface area contributed by atoms with Crippen LogP contribution < -0.4 is 10.6 Å². The fourth-order valence-corrected chi connectivity index (χ4v) is 2.49. The summed E-state index contributed by atoms with van der Waals surface area (Å²) in [6, 6.07) is 11.7. The predicted molar refractivity (Wildman–Crippen MR) is 92.2 cm³/mol. The second-order valence-electron chi connectivity index (χ2n) is 4.97. The molecule has 21 heavy (non-hydrogen) atoms. The summed E-state index contributed by atoms with van der Waals surface area (Å²) in [4.78, 5) is 12.6. The van der Waals surface area contributed by atoms with Gasteiger partial charge in [0.05, 0.1) is 11.3 Å². The van der Waals surface area contributed by atoms with Gasteiger partial charge in [0, 0.05) is 16.7 Å². The molecule has 0 fully saturated rings. The molecule has 0 bridgehead atoms. The van der Waals surface area contributed by atoms with E-state index in [1.807, 2.05) is 57.2 Å². The van der Waals surface area contributed by atoms with Crippen LogP contribution in [0.15, 0.2) is 40.9 Å². The molecule has 110 valence electrons. The summed E-state index contributed by atoms with van der Waals surface area (Å²) < 4.78 is 0.913. The summed E-state index contributed by atoms with van der Waals surface area (Å²) in [6.45, 7) is 6.77. The molecule has 0 aliphatic carbocycles. The van der Waals surface area contributed by atoms with E-state index in [9.17, 15) is 4.79 Å². The molecule has 4 heteroatoms. The third-order valence-corrected chi connectivity index (χ3v) is 4.28. The Bertz CT molecular complexity index is 668. The van der Waals surface area contributed by atoms with Crippen molar-refractivity contribution in [1.29, 1.82) is 0 Å². The topological polar surface area (TPSA) is 41.1 Å². The van der Waals surface area contributed by atoms with Crippen molar-refractivity contribution in [2.45, 2.75) is 20.8 Å². The molecule has 0 aromatic heterocycles. The van der Waals surface area contributed by atoms with Gasteiger partial charge in [-0.2, -0.15) is 0 Å². The third kappa shape index (κ3) is 3.64. The van der Waals surface area contributed by atoms with Gasteiger partial charge < -0.3 is 10.6 Å². The number of carbonyl (C=O) groups excluding carboxylic acids is 1. The van der Waals surface area contributed by atoms with E-state index in [-0.39, 0.29) is 5.91 Å². The van der Waals surface area contributed by atoms with Gasteiger partial charge in [-0.3, -0.25) is 4.79 Å². The van der Waals surface area contributed by atoms with Crippen LogP contribution in [0.25, 0.3) is 0 Å². The Kier molecular flexibility index (Phi) is 5.02. The first-order chi connectivity index (χ1) is 10.0. The molecular weight excluding hydrogens is 328 g/mol. The number of carbonyl (C=O) groups is 1. The van der Waals surface area contributed by atoms with Crippen molar-refractivity contribution < 1.29 is 4.79 Å². The van der Waals surface area contributed by atoms with Gasteiger partial charge in [0.15, 0.2) is 0 Å². The largest absolute Gasteiger partial charge is 0.385 e. The van der Waals surface area contributed by atoms with Crippen LogP contribution in [0.5, 0.6) is 0 Å². The van der Waals surface area contributed by atoms with Crippen molar-refractivity contribution in [1.82, 2.24) is 0 Å². The van der Waals surface area contributed by atoms with Gasteiger partial charge >= 0.3 is 0 Å². The second-order valence-corrected chi connectivity index (χ2v) is 5.76. The van der Waals surface area contributed by atoms with Crippen LogP contribution in [-0.4, -0.2) is 12.5 Å². The minimum absolute atomic E-state index is 0.110. The number of amides is 1. The number of nitrogens with one attached hydrogen (secondary N) is 2. The summed E-state index contributed by atoms with van der Waals surface area (Å²) in [5.74, 6) is -0.110. The fourth-order valence-electron chi connectivity index (χ4n) is 2.12. The molecule has 0 aliphatic heterocycles. The summed E-state index contributed by atoms with van der Waals surface area (Å²) in [6.07, 6.45) is 0. The lowest BCUT2D eigenvalue weighted by atomic mass is 10.1. The van der Waals surface area contributed by atoms with E-state index < -0.39 is 0 Å². The SMILES string of the molecule is CCNc1ccc(C)cc1C(=O)Nc1cccc(C)c1Br. The average Bonchev–Trinajstić information content (AvgIpc) is 2.46. The average molecular weight is 347 g/mol. The molecule has 0 unspecified atom stereocenters. The van der Waals surface area contributed by atoms with Gasteiger partial charge in [0.25, 0.3) is 5.91 Å². The monoisotopic (exact) mass is 346 g/mol. The molecule has 0 heterocycles. The Hall–Kier alpha value is -1.81. The Labute approximate surface area is 133 Å². The van der Waals surface area contributed by atoms with Gasteiger partial charge in [-0.1, -0.05) is 23.8 Å². The Balaban J connectivity index is 2.32. The predicted octanol–water partition coefficient (Wildman–Crippen LogP) is 4.75. The maximum absolute atomic E-state index is 12.6. The first-order valence-electron chi connectivity index (χ1n) is 6.94. The van der Waals surface area contributed by atoms with E-state index in [1.54, 1.807) is 0 Å². The molecule has 0 atom stereocenters. The summed E-state index contributed by atoms with van der Waals surface area (Å²) >= 11 is 3.51. The zero-order valence-electron chi connectivity index (χ0n) is 12.5. The number of aryl methyl sites for hydroxylation is 2. The van der Waals surface area contributed by atoms with Crippen molar-refractivity contribution in [3.8, 4) is 0 Å². The van der Waals surface area contributed by atoms with Crippen LogP contribution in [0.2, 0.25) is 0 Å². The summed E-state index contributed by atoms with van der Waals surface area (Å²) in [7, 11) is 0. The molecule has 0 radical (unpaired) electrons. The number of rotatable bonds is 4. The molecule has 3 nitrogen and oxygen atoms in total. The van der Waals surface area contributed by atoms with Crippen molar-refractivity contribution >= 4 is 33.2 Å². The zero-order chi connectivity index (χ0) is 15.4. The van der Waals surface area contributed by atoms with E-state index in [4.69, 9.17) is 0 Å². The van der Waals surface area contributed by atoms with Gasteiger partial charge in [0.2, 0.25) is 0 Å². The first-order valence-corrected chi connectivity index (χ1v) is 7.73. The lowest BCUT2D eigenvalue weighted by Crippen LogP contribution is -2.15. The molecule has 0 saturated heterocycles. The molecule has 0 aliphatic rings. The fraction of sp³-hybridized carbons (Fsp3) is 0.235. The second kappa shape index (κ2) is 6.76. The minimum atomic E-state index is -0.110. The van der Waals surface area contributed by atoms with Crippen molar-refractivity contribution in [3.05, 3.63) is 57.6 Å². The molecule has 2 rings (SSSR count). The maximum Gasteiger partial charge on any atom is 0.257 e. The van der Waals surface area contributed by atoms with Crippen LogP contribution in [-0.2, 0) is 0 Å². The highest BCUT2D eigenvalue weighted by atomic mass is 79.9. The Morgan fingerprint density at radius 2 is 1.90 bits per heavy atom. The number of anilines is 2. The first kappa shape index (κ1) is 15.6. The number of hydrogen-bond donors (Lipinski definition) is 2. The third-order valence-electron chi connectivity index (χ3n) is 3.23. The summed E-state index contributed by atoms with van der Waals surface area (Å²) in [5.41, 5.74) is 4.44. The maximum atomic E-state index is 12.6. The lowest BCUT2D eigenvalue weighted by molar-refractivity contribution is 0.102. The Morgan fingerprint density at radius 1 is 1.14 bits per heavy atom. The van der Waals surface area contributed by atoms with Crippen LogP contribution >= 0.6 is 15.9 Å². The van der Waals surface area contributed by atoms with Gasteiger partial charge in [-0.05, 0) is 60.5 Å². The quantitative estimate of drug-likeness (QED) is 0.838. The van der Waals surface area contributed by atoms with Crippen LogP contribution in [0, 0.1) is 13.8 Å². The van der Waals surface area contributed by atoms with Gasteiger partial charge in [-0.15, -0.1) is 0 Å².